The monoisotopic (exact) mass is 246 g/mol. The molecule has 15 heavy (non-hydrogen) atoms. The van der Waals surface area contributed by atoms with E-state index in [4.69, 9.17) is 5.14 Å². The van der Waals surface area contributed by atoms with Gasteiger partial charge < -0.3 is 0 Å². The van der Waals surface area contributed by atoms with Crippen LogP contribution in [0, 0.1) is 0 Å². The van der Waals surface area contributed by atoms with Gasteiger partial charge >= 0.3 is 0 Å². The molecule has 0 spiro atoms. The highest BCUT2D eigenvalue weighted by Gasteiger charge is 2.23. The summed E-state index contributed by atoms with van der Waals surface area (Å²) in [5, 5.41) is 5.33. The van der Waals surface area contributed by atoms with E-state index in [2.05, 4.69) is 4.98 Å². The van der Waals surface area contributed by atoms with E-state index in [1.165, 1.54) is 0 Å². The molecule has 2 rings (SSSR count). The van der Waals surface area contributed by atoms with Crippen LogP contribution in [0.2, 0.25) is 0 Å². The van der Waals surface area contributed by atoms with Crippen molar-refractivity contribution in [3.8, 4) is 0 Å². The molecule has 0 aromatic carbocycles. The van der Waals surface area contributed by atoms with Crippen molar-refractivity contribution < 1.29 is 13.2 Å². The maximum atomic E-state index is 11.5. The maximum Gasteiger partial charge on any atom is 0.215 e. The van der Waals surface area contributed by atoms with Crippen LogP contribution < -0.4 is 5.14 Å². The summed E-state index contributed by atoms with van der Waals surface area (Å²) < 4.78 is 21.7. The molecule has 1 aromatic heterocycles. The van der Waals surface area contributed by atoms with Gasteiger partial charge in [0.25, 0.3) is 0 Å². The van der Waals surface area contributed by atoms with Crippen molar-refractivity contribution in [3.05, 3.63) is 15.6 Å². The molecule has 0 fully saturated rings. The number of nitrogens with two attached hydrogens (primary N) is 1. The summed E-state index contributed by atoms with van der Waals surface area (Å²) >= 11 is 1.15. The molecule has 1 aromatic rings. The first-order valence-electron chi connectivity index (χ1n) is 4.48. The molecule has 0 atom stereocenters. The van der Waals surface area contributed by atoms with Gasteiger partial charge in [0.1, 0.15) is 10.8 Å². The van der Waals surface area contributed by atoms with Gasteiger partial charge in [-0.1, -0.05) is 0 Å². The number of hydrogen-bond donors (Lipinski definition) is 1. The molecular formula is C8H10N2O3S2. The van der Waals surface area contributed by atoms with Gasteiger partial charge in [0.2, 0.25) is 10.0 Å². The fourth-order valence-corrected chi connectivity index (χ4v) is 3.56. The molecule has 0 amide bonds. The van der Waals surface area contributed by atoms with Crippen LogP contribution in [-0.4, -0.2) is 19.2 Å². The Kier molecular flexibility index (Phi) is 2.61. The van der Waals surface area contributed by atoms with Crippen molar-refractivity contribution in [1.82, 2.24) is 4.98 Å². The fraction of sp³-hybridized carbons (Fsp3) is 0.500. The quantitative estimate of drug-likeness (QED) is 0.820. The fourth-order valence-electron chi connectivity index (χ4n) is 1.55. The van der Waals surface area contributed by atoms with Crippen molar-refractivity contribution in [1.29, 1.82) is 0 Å². The molecule has 0 saturated carbocycles. The van der Waals surface area contributed by atoms with Gasteiger partial charge in [-0.2, -0.15) is 0 Å². The summed E-state index contributed by atoms with van der Waals surface area (Å²) in [5.41, 5.74) is 0.731. The lowest BCUT2D eigenvalue weighted by atomic mass is 10.0. The number of hydrogen-bond acceptors (Lipinski definition) is 5. The van der Waals surface area contributed by atoms with Crippen LogP contribution >= 0.6 is 11.3 Å². The second-order valence-corrected chi connectivity index (χ2v) is 6.17. The zero-order valence-corrected chi connectivity index (χ0v) is 9.53. The average molecular weight is 246 g/mol. The minimum Gasteiger partial charge on any atom is -0.293 e. The number of aromatic nitrogens is 1. The van der Waals surface area contributed by atoms with Crippen LogP contribution in [0.3, 0.4) is 0 Å². The lowest BCUT2D eigenvalue weighted by molar-refractivity contribution is 0.0976. The summed E-state index contributed by atoms with van der Waals surface area (Å²) in [4.78, 5) is 16.2. The lowest BCUT2D eigenvalue weighted by Crippen LogP contribution is -2.14. The molecule has 1 aliphatic rings. The predicted molar refractivity (Wildman–Crippen MR) is 56.2 cm³/mol. The number of rotatable bonds is 2. The van der Waals surface area contributed by atoms with E-state index >= 15 is 0 Å². The largest absolute Gasteiger partial charge is 0.293 e. The zero-order valence-electron chi connectivity index (χ0n) is 7.89. The number of nitrogens with zero attached hydrogens (tertiary/aromatic N) is 1. The number of carbonyl (C=O) groups excluding carboxylic acids is 1. The van der Waals surface area contributed by atoms with Crippen molar-refractivity contribution in [2.75, 3.05) is 0 Å². The molecular weight excluding hydrogens is 236 g/mol. The summed E-state index contributed by atoms with van der Waals surface area (Å²) in [6.45, 7) is 0. The Morgan fingerprint density at radius 1 is 1.40 bits per heavy atom. The van der Waals surface area contributed by atoms with Crippen molar-refractivity contribution in [2.24, 2.45) is 5.14 Å². The van der Waals surface area contributed by atoms with Crippen molar-refractivity contribution >= 4 is 27.1 Å². The Morgan fingerprint density at radius 2 is 2.13 bits per heavy atom. The number of fused-ring (bicyclic) bond motifs is 1. The van der Waals surface area contributed by atoms with Gasteiger partial charge in [-0.25, -0.2) is 18.5 Å². The van der Waals surface area contributed by atoms with E-state index in [0.717, 1.165) is 29.9 Å². The molecule has 7 heteroatoms. The van der Waals surface area contributed by atoms with Crippen LogP contribution in [0.25, 0.3) is 0 Å². The number of thiazole rings is 1. The minimum absolute atomic E-state index is 0.0643. The Morgan fingerprint density at radius 3 is 2.73 bits per heavy atom. The SMILES string of the molecule is NS(=O)(=O)Cc1nc2c(s1)C(=O)CCC2. The van der Waals surface area contributed by atoms with Gasteiger partial charge in [0.15, 0.2) is 5.78 Å². The summed E-state index contributed by atoms with van der Waals surface area (Å²) in [6.07, 6.45) is 2.08. The highest BCUT2D eigenvalue weighted by atomic mass is 32.2. The summed E-state index contributed by atoms with van der Waals surface area (Å²) in [5.74, 6) is -0.216. The smallest absolute Gasteiger partial charge is 0.215 e. The standard InChI is InChI=1S/C8H10N2O3S2/c9-15(12,13)4-7-10-5-2-1-3-6(11)8(5)14-7/h1-4H2,(H2,9,12,13). The van der Waals surface area contributed by atoms with E-state index in [1.807, 2.05) is 0 Å². The van der Waals surface area contributed by atoms with Gasteiger partial charge in [-0.3, -0.25) is 4.79 Å². The Labute approximate surface area is 91.4 Å². The second kappa shape index (κ2) is 3.66. The highest BCUT2D eigenvalue weighted by molar-refractivity contribution is 7.88. The van der Waals surface area contributed by atoms with E-state index in [9.17, 15) is 13.2 Å². The first-order chi connectivity index (χ1) is 6.96. The zero-order chi connectivity index (χ0) is 11.1. The normalized spacial score (nSPS) is 16.5. The number of aryl methyl sites for hydroxylation is 1. The minimum atomic E-state index is -3.56. The number of carbonyl (C=O) groups is 1. The van der Waals surface area contributed by atoms with Crippen molar-refractivity contribution in [3.63, 3.8) is 0 Å². The topological polar surface area (TPSA) is 90.1 Å². The van der Waals surface area contributed by atoms with Gasteiger partial charge in [0.05, 0.1) is 10.6 Å². The Balaban J connectivity index is 2.34. The number of primary sulfonamides is 1. The molecule has 0 bridgehead atoms. The summed E-state index contributed by atoms with van der Waals surface area (Å²) in [7, 11) is -3.56. The molecule has 1 aliphatic carbocycles. The molecule has 2 N–H and O–H groups in total. The van der Waals surface area contributed by atoms with E-state index < -0.39 is 10.0 Å². The third kappa shape index (κ3) is 2.42. The van der Waals surface area contributed by atoms with E-state index in [0.29, 0.717) is 16.3 Å². The van der Waals surface area contributed by atoms with Crippen LogP contribution in [0.5, 0.6) is 0 Å². The average Bonchev–Trinajstić information content (AvgIpc) is 2.45. The Hall–Kier alpha value is -0.790. The predicted octanol–water partition coefficient (Wildman–Crippen LogP) is 0.451. The number of Topliss-reactive ketones (excluding diaryl/α,β-unsaturated/α-hetero) is 1. The van der Waals surface area contributed by atoms with Crippen LogP contribution in [0.1, 0.15) is 33.2 Å². The van der Waals surface area contributed by atoms with Gasteiger partial charge in [-0.05, 0) is 12.8 Å². The third-order valence-corrected chi connectivity index (χ3v) is 4.13. The first-order valence-corrected chi connectivity index (χ1v) is 7.01. The van der Waals surface area contributed by atoms with Crippen LogP contribution in [0.15, 0.2) is 0 Å². The second-order valence-electron chi connectivity index (χ2n) is 3.47. The van der Waals surface area contributed by atoms with Crippen molar-refractivity contribution in [2.45, 2.75) is 25.0 Å². The van der Waals surface area contributed by atoms with E-state index in [-0.39, 0.29) is 11.5 Å². The molecule has 1 heterocycles. The molecule has 5 nitrogen and oxygen atoms in total. The molecule has 82 valence electrons. The first kappa shape index (κ1) is 10.7. The molecule has 0 aliphatic heterocycles. The maximum absolute atomic E-state index is 11.5. The molecule has 0 radical (unpaired) electrons. The Bertz CT molecular complexity index is 504. The summed E-state index contributed by atoms with van der Waals surface area (Å²) in [6, 6.07) is 0. The van der Waals surface area contributed by atoms with E-state index in [1.54, 1.807) is 0 Å². The molecule has 0 unspecified atom stereocenters. The van der Waals surface area contributed by atoms with Crippen LogP contribution in [0.4, 0.5) is 0 Å². The number of ketones is 1. The van der Waals surface area contributed by atoms with Gasteiger partial charge in [0, 0.05) is 6.42 Å². The van der Waals surface area contributed by atoms with Crippen LogP contribution in [-0.2, 0) is 22.2 Å². The third-order valence-electron chi connectivity index (χ3n) is 2.14. The highest BCUT2D eigenvalue weighted by Crippen LogP contribution is 2.27. The van der Waals surface area contributed by atoms with Gasteiger partial charge in [-0.15, -0.1) is 11.3 Å². The molecule has 0 saturated heterocycles. The number of sulfonamides is 1. The lowest BCUT2D eigenvalue weighted by Gasteiger charge is -2.06.